The normalized spacial score (nSPS) is 49.0. The SMILES string of the molecule is CC(=O)N[C@@H]1[C@@H](O)[C@H](O[C@@H]2O[C@H](CO)[C@@H](O[C@@H]3O[C@H](CO[C@H]4O[C@H](CO)[C@@H](O)[C@H](O)[C@@H]4O[C@@H]4O[C@H](CO)[C@@H](O[C@@H]5O[C@H](CO)[C@H](O)[C@H](O[C@@H]6O[C@H](C(=O)O)[C@@H](O)[C@H](O)[C@H]6O)[C@H]5O)[C@H](O)[C@H]4NC(C)=O)[C@@H](O)[C@H](O[C@H]4O[C@H](CO)[C@@H](O[C@@H]5O[C@H](CO)[C@@H](O[C@@H]6O[C@H](CO)[C@H](O)[C@H](O)[C@H]6O)[C@H](O)[C@H]5NC(C)=O)[C@H](O)[C@@H]4O[C@@H]4O[C@H](CO)[C@@H](O[C@@H]5O[C@H](CO)[C@H](O)[C@H](O)[C@H]5O)[C@H](O)[C@H]4NC(C)=O)[C@@H]3O)[C@H](O)[C@H]2NC(C)=O)[C@@H](CO)O[C@H]1O. The largest absolute Gasteiger partial charge is 0.479 e. The first-order valence-electron chi connectivity index (χ1n) is 47.2. The molecule has 38 N–H and O–H groups in total. The van der Waals surface area contributed by atoms with Crippen molar-refractivity contribution in [3.8, 4) is 0 Å². The van der Waals surface area contributed by atoms with E-state index in [1.807, 2.05) is 0 Å². The molecule has 0 aromatic heterocycles. The van der Waals surface area contributed by atoms with Gasteiger partial charge in [0.15, 0.2) is 81.6 Å². The van der Waals surface area contributed by atoms with Gasteiger partial charge in [-0.2, -0.15) is 0 Å². The topological polar surface area (TPSA) is 1040 Å². The highest BCUT2D eigenvalue weighted by Crippen LogP contribution is 2.43. The van der Waals surface area contributed by atoms with Gasteiger partial charge >= 0.3 is 5.97 Å². The number of carbonyl (C=O) groups excluding carboxylic acids is 5. The number of hydrogen-bond acceptors (Lipinski definition) is 61. The van der Waals surface area contributed by atoms with Crippen LogP contribution in [0.4, 0.5) is 0 Å². The molecule has 860 valence electrons. The smallest absolute Gasteiger partial charge is 0.335 e. The molecule has 5 amide bonds. The molecular formula is C82H135N5O62. The Balaban J connectivity index is 0.912. The van der Waals surface area contributed by atoms with E-state index in [9.17, 15) is 197 Å². The van der Waals surface area contributed by atoms with Gasteiger partial charge < -0.3 is 304 Å². The summed E-state index contributed by atoms with van der Waals surface area (Å²) in [5.74, 6) is -6.97. The molecule has 0 aromatic carbocycles. The molecule has 67 heteroatoms. The Kier molecular flexibility index (Phi) is 43.7. The molecule has 60 atom stereocenters. The molecule has 149 heavy (non-hydrogen) atoms. The average Bonchev–Trinajstić information content (AvgIpc) is 0.752. The highest BCUT2D eigenvalue weighted by Gasteiger charge is 2.65. The molecule has 12 saturated heterocycles. The third-order valence-corrected chi connectivity index (χ3v) is 27.1. The summed E-state index contributed by atoms with van der Waals surface area (Å²) in [6, 6.07) is -10.2. The number of aliphatic carboxylic acids is 1. The molecule has 0 unspecified atom stereocenters. The molecule has 0 bridgehead atoms. The molecule has 0 aromatic rings. The maximum Gasteiger partial charge on any atom is 0.335 e. The van der Waals surface area contributed by atoms with E-state index >= 15 is 0 Å². The van der Waals surface area contributed by atoms with Gasteiger partial charge in [-0.1, -0.05) is 0 Å². The fraction of sp³-hybridized carbons (Fsp3) is 0.927. The van der Waals surface area contributed by atoms with Crippen LogP contribution in [0.3, 0.4) is 0 Å². The number of amides is 5. The van der Waals surface area contributed by atoms with E-state index in [0.717, 1.165) is 34.6 Å². The number of ether oxygens (including phenoxy) is 23. The number of nitrogens with one attached hydrogen (secondary N) is 5. The third-order valence-electron chi connectivity index (χ3n) is 27.1. The zero-order valence-electron chi connectivity index (χ0n) is 79.5. The standard InChI is InChI=1S/C82H135N5O62/c1-17(98)83-33-43(108)59(26(10-92)128-71(33)126)139-72-34(84-18(2)99)45(110)63(29(13-95)133-72)144-80-58(123)66(42(107)32(138-80)16-127-81-68(51(116)40(105)24(8-90)132-81)148-74-36(86-20(4)101)47(112)62(30(14-96)135-74)143-79-57(122)65(41(106)25(9-91)131-79)145-78-55(120)50(115)52(117)67(147-78)70(124)125)146-82-69(149-75-37(87-21(5)102)46(111)61(28(12-94)136-75)142-77-54(119)49(114)39(104)23(7-89)130-77)56(121)64(31(15-97)137-82)140-73-35(85-19(3)100)44(109)60(27(11-93)134-73)141-76-53(118)48(113)38(103)22(6-88)129-76/h22-69,71-82,88-97,103-123,126H,6-16H2,1-5H3,(H,83,98)(H,84,99)(H,85,100)(H,86,101)(H,87,102)(H,124,125)/t22-,23-,24-,25-,26-,27-,28-,29-,30-,31-,32-,33-,34-,35-,36-,37-,38+,39+,40-,41+,42-,43-,44-,45-,46-,47-,48+,49+,50+,51+,52+,53-,54-,55-,56+,57-,58+,59-,60-,61-,62-,63-,64-,65+,66+,67+,68+,69+,71-,72+,73+,74+,75+,76+,77+,78-,79+,80+,81+,82-/m1/s1. The Labute approximate surface area is 841 Å². The summed E-state index contributed by atoms with van der Waals surface area (Å²) in [7, 11) is 0. The lowest BCUT2D eigenvalue weighted by Gasteiger charge is -2.52. The fourth-order valence-electron chi connectivity index (χ4n) is 19.3. The van der Waals surface area contributed by atoms with E-state index in [1.54, 1.807) is 0 Å². The number of aliphatic hydroxyl groups excluding tert-OH is 32. The van der Waals surface area contributed by atoms with Crippen molar-refractivity contribution >= 4 is 35.5 Å². The van der Waals surface area contributed by atoms with E-state index in [0.29, 0.717) is 0 Å². The van der Waals surface area contributed by atoms with Crippen molar-refractivity contribution in [3.05, 3.63) is 0 Å². The summed E-state index contributed by atoms with van der Waals surface area (Å²) in [4.78, 5) is 77.6. The zero-order valence-corrected chi connectivity index (χ0v) is 79.5. The first-order valence-corrected chi connectivity index (χ1v) is 47.2. The molecule has 0 aliphatic carbocycles. The molecule has 67 nitrogen and oxygen atoms in total. The first-order chi connectivity index (χ1) is 70.5. The molecule has 0 saturated carbocycles. The van der Waals surface area contributed by atoms with Crippen LogP contribution in [0.5, 0.6) is 0 Å². The van der Waals surface area contributed by atoms with Crippen LogP contribution in [0.2, 0.25) is 0 Å². The van der Waals surface area contributed by atoms with Gasteiger partial charge in [-0.25, -0.2) is 4.79 Å². The highest BCUT2D eigenvalue weighted by molar-refractivity contribution is 5.75. The lowest BCUT2D eigenvalue weighted by atomic mass is 9.93. The number of carbonyl (C=O) groups is 6. The van der Waals surface area contributed by atoms with Crippen LogP contribution in [0, 0.1) is 0 Å². The molecule has 0 spiro atoms. The summed E-state index contributed by atoms with van der Waals surface area (Å²) < 4.78 is 138. The third kappa shape index (κ3) is 26.9. The van der Waals surface area contributed by atoms with Gasteiger partial charge in [-0.3, -0.25) is 24.0 Å². The minimum Gasteiger partial charge on any atom is -0.479 e. The van der Waals surface area contributed by atoms with Crippen LogP contribution in [-0.4, -0.2) is 645 Å². The summed E-state index contributed by atoms with van der Waals surface area (Å²) in [6.07, 6.45) is -124. The summed E-state index contributed by atoms with van der Waals surface area (Å²) in [5, 5.41) is 384. The van der Waals surface area contributed by atoms with Gasteiger partial charge in [0, 0.05) is 34.6 Å². The maximum absolute atomic E-state index is 13.5. The van der Waals surface area contributed by atoms with Crippen molar-refractivity contribution in [2.24, 2.45) is 0 Å². The highest BCUT2D eigenvalue weighted by atomic mass is 16.8. The minimum absolute atomic E-state index is 0.849. The minimum atomic E-state index is -2.80. The monoisotopic (exact) mass is 2180 g/mol. The number of aliphatic hydroxyl groups is 32. The average molecular weight is 2180 g/mol. The number of rotatable bonds is 39. The summed E-state index contributed by atoms with van der Waals surface area (Å²) in [6.45, 7) is -9.11. The lowest BCUT2D eigenvalue weighted by Crippen LogP contribution is -2.71. The van der Waals surface area contributed by atoms with Crippen LogP contribution < -0.4 is 26.6 Å². The van der Waals surface area contributed by atoms with Crippen molar-refractivity contribution in [3.63, 3.8) is 0 Å². The van der Waals surface area contributed by atoms with E-state index in [1.165, 1.54) is 0 Å². The van der Waals surface area contributed by atoms with Crippen molar-refractivity contribution in [2.75, 3.05) is 72.7 Å². The van der Waals surface area contributed by atoms with Crippen LogP contribution in [-0.2, 0) is 138 Å². The van der Waals surface area contributed by atoms with Crippen LogP contribution in [0.25, 0.3) is 0 Å². The Bertz CT molecular complexity index is 4220. The lowest BCUT2D eigenvalue weighted by molar-refractivity contribution is -0.407. The number of carboxylic acids is 1. The van der Waals surface area contributed by atoms with Gasteiger partial charge in [0.05, 0.1) is 72.7 Å². The van der Waals surface area contributed by atoms with Gasteiger partial charge in [0.25, 0.3) is 0 Å². The van der Waals surface area contributed by atoms with Crippen molar-refractivity contribution in [1.29, 1.82) is 0 Å². The second-order valence-corrected chi connectivity index (χ2v) is 37.4. The van der Waals surface area contributed by atoms with Crippen LogP contribution in [0.15, 0.2) is 0 Å². The van der Waals surface area contributed by atoms with Crippen LogP contribution in [0.1, 0.15) is 34.6 Å². The van der Waals surface area contributed by atoms with Crippen LogP contribution >= 0.6 is 0 Å². The molecule has 12 rings (SSSR count). The number of hydrogen-bond donors (Lipinski definition) is 38. The molecule has 12 aliphatic heterocycles. The Morgan fingerprint density at radius 2 is 0.416 bits per heavy atom. The van der Waals surface area contributed by atoms with Crippen molar-refractivity contribution in [2.45, 2.75) is 403 Å². The molecule has 0 radical (unpaired) electrons. The Morgan fingerprint density at radius 1 is 0.195 bits per heavy atom. The van der Waals surface area contributed by atoms with E-state index < -0.39 is 476 Å². The van der Waals surface area contributed by atoms with Gasteiger partial charge in [-0.05, 0) is 0 Å². The maximum atomic E-state index is 13.5. The molecule has 12 heterocycles. The van der Waals surface area contributed by atoms with E-state index in [2.05, 4.69) is 26.6 Å². The predicted octanol–water partition coefficient (Wildman–Crippen LogP) is -26.3. The Morgan fingerprint density at radius 3 is 0.745 bits per heavy atom. The predicted molar refractivity (Wildman–Crippen MR) is 453 cm³/mol. The van der Waals surface area contributed by atoms with Crippen molar-refractivity contribution in [1.82, 2.24) is 26.6 Å². The molecular weight excluding hydrogens is 2050 g/mol. The van der Waals surface area contributed by atoms with Gasteiger partial charge in [-0.15, -0.1) is 0 Å². The fourth-order valence-corrected chi connectivity index (χ4v) is 19.3. The quantitative estimate of drug-likeness (QED) is 0.0272. The van der Waals surface area contributed by atoms with Crippen molar-refractivity contribution < 1.29 is 306 Å². The van der Waals surface area contributed by atoms with E-state index in [-0.39, 0.29) is 0 Å². The second kappa shape index (κ2) is 53.3. The van der Waals surface area contributed by atoms with Gasteiger partial charge in [0.2, 0.25) is 29.5 Å². The summed E-state index contributed by atoms with van der Waals surface area (Å²) in [5.41, 5.74) is 0. The Hall–Kier alpha value is -5.38. The molecule has 12 fully saturated rings. The summed E-state index contributed by atoms with van der Waals surface area (Å²) >= 11 is 0. The van der Waals surface area contributed by atoms with E-state index in [4.69, 9.17) is 109 Å². The van der Waals surface area contributed by atoms with Gasteiger partial charge in [0.1, 0.15) is 287 Å². The number of carboxylic acid groups (broad SMARTS) is 1. The first kappa shape index (κ1) is 122. The zero-order chi connectivity index (χ0) is 110. The second-order valence-electron chi connectivity index (χ2n) is 37.4. The molecule has 12 aliphatic rings.